The lowest BCUT2D eigenvalue weighted by atomic mass is 10.1. The van der Waals surface area contributed by atoms with Gasteiger partial charge in [-0.3, -0.25) is 9.59 Å². The number of nitrogens with one attached hydrogen (secondary N) is 1. The SMILES string of the molecule is CCC(C(=O)NC(C)(C)C)N(Cc1ccc(OC)cc1)C(=O)CSCc1cc(C)cc(C)c1. The van der Waals surface area contributed by atoms with Crippen molar-refractivity contribution in [3.8, 4) is 5.75 Å². The number of hydrogen-bond acceptors (Lipinski definition) is 4. The van der Waals surface area contributed by atoms with Crippen LogP contribution < -0.4 is 10.1 Å². The summed E-state index contributed by atoms with van der Waals surface area (Å²) in [4.78, 5) is 28.2. The molecule has 0 radical (unpaired) electrons. The van der Waals surface area contributed by atoms with Crippen molar-refractivity contribution in [3.05, 3.63) is 64.7 Å². The van der Waals surface area contributed by atoms with Gasteiger partial charge in [0, 0.05) is 17.8 Å². The summed E-state index contributed by atoms with van der Waals surface area (Å²) in [6.07, 6.45) is 0.547. The van der Waals surface area contributed by atoms with Crippen molar-refractivity contribution in [2.45, 2.75) is 71.8 Å². The summed E-state index contributed by atoms with van der Waals surface area (Å²) in [7, 11) is 1.63. The number of aryl methyl sites for hydroxylation is 2. The Balaban J connectivity index is 2.17. The first-order valence-electron chi connectivity index (χ1n) is 11.4. The molecule has 1 unspecified atom stereocenters. The first-order valence-corrected chi connectivity index (χ1v) is 12.6. The number of nitrogens with zero attached hydrogens (tertiary/aromatic N) is 1. The largest absolute Gasteiger partial charge is 0.497 e. The lowest BCUT2D eigenvalue weighted by Gasteiger charge is -2.33. The van der Waals surface area contributed by atoms with Gasteiger partial charge in [-0.25, -0.2) is 0 Å². The molecule has 0 heterocycles. The van der Waals surface area contributed by atoms with Gasteiger partial charge < -0.3 is 15.0 Å². The highest BCUT2D eigenvalue weighted by atomic mass is 32.2. The van der Waals surface area contributed by atoms with Crippen LogP contribution >= 0.6 is 11.8 Å². The molecule has 2 aromatic rings. The summed E-state index contributed by atoms with van der Waals surface area (Å²) in [5.74, 6) is 1.69. The molecule has 0 aliphatic heterocycles. The van der Waals surface area contributed by atoms with Crippen LogP contribution in [0.25, 0.3) is 0 Å². The summed E-state index contributed by atoms with van der Waals surface area (Å²) >= 11 is 1.59. The number of carbonyl (C=O) groups is 2. The van der Waals surface area contributed by atoms with E-state index in [1.54, 1.807) is 23.8 Å². The Kier molecular flexibility index (Phi) is 9.84. The molecule has 0 saturated heterocycles. The summed E-state index contributed by atoms with van der Waals surface area (Å²) in [6, 6.07) is 13.6. The molecule has 180 valence electrons. The van der Waals surface area contributed by atoms with Gasteiger partial charge in [-0.05, 0) is 64.3 Å². The van der Waals surface area contributed by atoms with E-state index < -0.39 is 6.04 Å². The molecule has 0 spiro atoms. The normalized spacial score (nSPS) is 12.2. The number of amides is 2. The molecular weight excluding hydrogens is 432 g/mol. The van der Waals surface area contributed by atoms with Gasteiger partial charge in [0.15, 0.2) is 0 Å². The van der Waals surface area contributed by atoms with Crippen LogP contribution in [-0.4, -0.2) is 41.2 Å². The molecule has 5 nitrogen and oxygen atoms in total. The summed E-state index contributed by atoms with van der Waals surface area (Å²) in [5, 5.41) is 3.04. The van der Waals surface area contributed by atoms with Gasteiger partial charge in [-0.1, -0.05) is 48.4 Å². The summed E-state index contributed by atoms with van der Waals surface area (Å²) in [5.41, 5.74) is 4.26. The fraction of sp³-hybridized carbons (Fsp3) is 0.481. The molecule has 2 aromatic carbocycles. The molecule has 1 N–H and O–H groups in total. The van der Waals surface area contributed by atoms with Crippen LogP contribution in [0.15, 0.2) is 42.5 Å². The highest BCUT2D eigenvalue weighted by Gasteiger charge is 2.30. The first-order chi connectivity index (χ1) is 15.5. The number of ether oxygens (including phenoxy) is 1. The highest BCUT2D eigenvalue weighted by molar-refractivity contribution is 7.99. The third-order valence-electron chi connectivity index (χ3n) is 5.17. The van der Waals surface area contributed by atoms with Crippen LogP contribution in [0.1, 0.15) is 56.4 Å². The van der Waals surface area contributed by atoms with E-state index in [1.165, 1.54) is 16.7 Å². The van der Waals surface area contributed by atoms with Gasteiger partial charge in [0.25, 0.3) is 0 Å². The second kappa shape index (κ2) is 12.1. The number of hydrogen-bond donors (Lipinski definition) is 1. The van der Waals surface area contributed by atoms with Gasteiger partial charge in [0.05, 0.1) is 12.9 Å². The van der Waals surface area contributed by atoms with Crippen molar-refractivity contribution in [1.82, 2.24) is 10.2 Å². The Morgan fingerprint density at radius 1 is 1.03 bits per heavy atom. The van der Waals surface area contributed by atoms with E-state index in [2.05, 4.69) is 37.4 Å². The first kappa shape index (κ1) is 26.8. The van der Waals surface area contributed by atoms with Crippen molar-refractivity contribution in [2.24, 2.45) is 0 Å². The maximum absolute atomic E-state index is 13.4. The smallest absolute Gasteiger partial charge is 0.243 e. The van der Waals surface area contributed by atoms with Crippen LogP contribution in [0.5, 0.6) is 5.75 Å². The van der Waals surface area contributed by atoms with Gasteiger partial charge in [0.1, 0.15) is 11.8 Å². The Labute approximate surface area is 203 Å². The van der Waals surface area contributed by atoms with Crippen molar-refractivity contribution in [2.75, 3.05) is 12.9 Å². The second-order valence-corrected chi connectivity index (χ2v) is 10.5. The minimum absolute atomic E-state index is 0.0314. The van der Waals surface area contributed by atoms with Gasteiger partial charge in [-0.15, -0.1) is 11.8 Å². The van der Waals surface area contributed by atoms with Gasteiger partial charge in [0.2, 0.25) is 11.8 Å². The standard InChI is InChI=1S/C27H38N2O3S/c1-8-24(26(31)28-27(4,5)6)29(16-21-9-11-23(32-7)12-10-21)25(30)18-33-17-22-14-19(2)13-20(3)15-22/h9-15,24H,8,16-18H2,1-7H3,(H,28,31). The van der Waals surface area contributed by atoms with Crippen LogP contribution in [-0.2, 0) is 21.9 Å². The molecular formula is C27H38N2O3S. The Morgan fingerprint density at radius 2 is 1.64 bits per heavy atom. The Bertz CT molecular complexity index is 915. The predicted octanol–water partition coefficient (Wildman–Crippen LogP) is 5.27. The minimum atomic E-state index is -0.527. The van der Waals surface area contributed by atoms with Crippen molar-refractivity contribution >= 4 is 23.6 Å². The Hall–Kier alpha value is -2.47. The number of methoxy groups -OCH3 is 1. The molecule has 2 rings (SSSR count). The molecule has 0 saturated carbocycles. The average Bonchev–Trinajstić information content (AvgIpc) is 2.72. The third-order valence-corrected chi connectivity index (χ3v) is 6.16. The molecule has 33 heavy (non-hydrogen) atoms. The van der Waals surface area contributed by atoms with E-state index in [9.17, 15) is 9.59 Å². The van der Waals surface area contributed by atoms with Crippen LogP contribution in [0.4, 0.5) is 0 Å². The average molecular weight is 471 g/mol. The number of thioether (sulfide) groups is 1. The third kappa shape index (κ3) is 8.77. The predicted molar refractivity (Wildman–Crippen MR) is 138 cm³/mol. The topological polar surface area (TPSA) is 58.6 Å². The summed E-state index contributed by atoms with van der Waals surface area (Å²) < 4.78 is 5.25. The molecule has 0 aliphatic rings. The lowest BCUT2D eigenvalue weighted by Crippen LogP contribution is -2.53. The maximum Gasteiger partial charge on any atom is 0.243 e. The molecule has 6 heteroatoms. The van der Waals surface area contributed by atoms with Crippen LogP contribution in [0, 0.1) is 13.8 Å². The van der Waals surface area contributed by atoms with E-state index in [1.807, 2.05) is 52.0 Å². The van der Waals surface area contributed by atoms with Gasteiger partial charge >= 0.3 is 0 Å². The lowest BCUT2D eigenvalue weighted by molar-refractivity contribution is -0.140. The summed E-state index contributed by atoms with van der Waals surface area (Å²) in [6.45, 7) is 12.4. The van der Waals surface area contributed by atoms with E-state index >= 15 is 0 Å². The molecule has 1 atom stereocenters. The van der Waals surface area contributed by atoms with Crippen molar-refractivity contribution in [3.63, 3.8) is 0 Å². The van der Waals surface area contributed by atoms with Crippen LogP contribution in [0.3, 0.4) is 0 Å². The highest BCUT2D eigenvalue weighted by Crippen LogP contribution is 2.20. The zero-order chi connectivity index (χ0) is 24.6. The van der Waals surface area contributed by atoms with E-state index in [0.717, 1.165) is 17.1 Å². The fourth-order valence-electron chi connectivity index (χ4n) is 3.79. The molecule has 0 aliphatic carbocycles. The molecule has 2 amide bonds. The number of carbonyl (C=O) groups excluding carboxylic acids is 2. The van der Waals surface area contributed by atoms with Crippen molar-refractivity contribution < 1.29 is 14.3 Å². The molecule has 0 fully saturated rings. The van der Waals surface area contributed by atoms with Crippen LogP contribution in [0.2, 0.25) is 0 Å². The zero-order valence-corrected chi connectivity index (χ0v) is 21.8. The Morgan fingerprint density at radius 3 is 2.15 bits per heavy atom. The zero-order valence-electron chi connectivity index (χ0n) is 21.0. The van der Waals surface area contributed by atoms with E-state index in [0.29, 0.717) is 18.7 Å². The number of rotatable bonds is 10. The minimum Gasteiger partial charge on any atom is -0.497 e. The van der Waals surface area contributed by atoms with E-state index in [-0.39, 0.29) is 17.4 Å². The quantitative estimate of drug-likeness (QED) is 0.514. The molecule has 0 aromatic heterocycles. The van der Waals surface area contributed by atoms with Gasteiger partial charge in [-0.2, -0.15) is 0 Å². The monoisotopic (exact) mass is 470 g/mol. The van der Waals surface area contributed by atoms with Crippen molar-refractivity contribution in [1.29, 1.82) is 0 Å². The molecule has 0 bridgehead atoms. The second-order valence-electron chi connectivity index (χ2n) is 9.52. The number of benzene rings is 2. The fourth-order valence-corrected chi connectivity index (χ4v) is 4.64. The van der Waals surface area contributed by atoms with E-state index in [4.69, 9.17) is 4.74 Å². The maximum atomic E-state index is 13.4.